The highest BCUT2D eigenvalue weighted by molar-refractivity contribution is 7.89. The summed E-state index contributed by atoms with van der Waals surface area (Å²) in [6.07, 6.45) is 1.36. The minimum atomic E-state index is -3.67. The highest BCUT2D eigenvalue weighted by atomic mass is 35.5. The monoisotopic (exact) mass is 317 g/mol. The Morgan fingerprint density at radius 2 is 2.10 bits per heavy atom. The fourth-order valence-corrected chi connectivity index (χ4v) is 4.26. The zero-order valence-electron chi connectivity index (χ0n) is 11.0. The molecule has 0 saturated heterocycles. The number of carboxylic acids is 1. The van der Waals surface area contributed by atoms with E-state index in [0.717, 1.165) is 0 Å². The Labute approximate surface area is 123 Å². The van der Waals surface area contributed by atoms with Crippen LogP contribution in [0.3, 0.4) is 0 Å². The van der Waals surface area contributed by atoms with Gasteiger partial charge in [0.2, 0.25) is 10.0 Å². The van der Waals surface area contributed by atoms with Crippen LogP contribution in [0.2, 0.25) is 5.02 Å². The Hall–Kier alpha value is -1.11. The first-order valence-corrected chi connectivity index (χ1v) is 8.17. The molecule has 1 saturated carbocycles. The minimum absolute atomic E-state index is 0.142. The van der Waals surface area contributed by atoms with Crippen LogP contribution in [0.15, 0.2) is 23.1 Å². The summed E-state index contributed by atoms with van der Waals surface area (Å²) in [4.78, 5) is 11.0. The molecule has 0 bridgehead atoms. The molecule has 0 spiro atoms. The van der Waals surface area contributed by atoms with E-state index in [1.54, 1.807) is 19.1 Å². The van der Waals surface area contributed by atoms with Crippen molar-refractivity contribution in [3.05, 3.63) is 28.8 Å². The Kier molecular flexibility index (Phi) is 4.36. The first kappa shape index (κ1) is 15.3. The molecular weight excluding hydrogens is 302 g/mol. The Morgan fingerprint density at radius 3 is 2.70 bits per heavy atom. The van der Waals surface area contributed by atoms with E-state index in [1.807, 2.05) is 0 Å². The standard InChI is InChI=1S/C13H16ClNO4S/c1-8-11(14)3-2-4-12(8)20(18,19)15-10-6-5-9(7-10)13(16)17/h2-4,9-10,15H,5-7H2,1H3,(H,16,17)/t9-,10+/m1/s1. The third-order valence-corrected chi connectivity index (χ3v) is 5.69. The second-order valence-electron chi connectivity index (χ2n) is 5.03. The van der Waals surface area contributed by atoms with Gasteiger partial charge in [-0.1, -0.05) is 17.7 Å². The summed E-state index contributed by atoms with van der Waals surface area (Å²) in [7, 11) is -3.67. The summed E-state index contributed by atoms with van der Waals surface area (Å²) in [5.74, 6) is -1.34. The summed E-state index contributed by atoms with van der Waals surface area (Å²) >= 11 is 5.93. The molecule has 1 aromatic rings. The number of aliphatic carboxylic acids is 1. The van der Waals surface area contributed by atoms with Gasteiger partial charge >= 0.3 is 5.97 Å². The van der Waals surface area contributed by atoms with Crippen LogP contribution in [0.4, 0.5) is 0 Å². The number of nitrogens with one attached hydrogen (secondary N) is 1. The van der Waals surface area contributed by atoms with Gasteiger partial charge in [0.15, 0.2) is 0 Å². The molecule has 1 aromatic carbocycles. The van der Waals surface area contributed by atoms with E-state index in [4.69, 9.17) is 16.7 Å². The van der Waals surface area contributed by atoms with Gasteiger partial charge in [-0.15, -0.1) is 0 Å². The Bertz CT molecular complexity index is 629. The molecule has 0 aromatic heterocycles. The molecule has 7 heteroatoms. The lowest BCUT2D eigenvalue weighted by molar-refractivity contribution is -0.141. The van der Waals surface area contributed by atoms with Gasteiger partial charge in [-0.2, -0.15) is 0 Å². The molecule has 2 atom stereocenters. The molecule has 2 rings (SSSR count). The largest absolute Gasteiger partial charge is 0.481 e. The van der Waals surface area contributed by atoms with Gasteiger partial charge in [0.25, 0.3) is 0 Å². The van der Waals surface area contributed by atoms with E-state index in [-0.39, 0.29) is 10.9 Å². The first-order valence-electron chi connectivity index (χ1n) is 6.31. The van der Waals surface area contributed by atoms with Crippen molar-refractivity contribution in [2.45, 2.75) is 37.1 Å². The minimum Gasteiger partial charge on any atom is -0.481 e. The number of sulfonamides is 1. The van der Waals surface area contributed by atoms with Crippen molar-refractivity contribution in [3.63, 3.8) is 0 Å². The summed E-state index contributed by atoms with van der Waals surface area (Å²) in [5.41, 5.74) is 0.495. The number of halogens is 1. The molecule has 0 amide bonds. The molecule has 0 unspecified atom stereocenters. The molecule has 0 aliphatic heterocycles. The quantitative estimate of drug-likeness (QED) is 0.891. The fraction of sp³-hybridized carbons (Fsp3) is 0.462. The average molecular weight is 318 g/mol. The van der Waals surface area contributed by atoms with Gasteiger partial charge in [-0.25, -0.2) is 13.1 Å². The molecule has 20 heavy (non-hydrogen) atoms. The second-order valence-corrected chi connectivity index (χ2v) is 7.12. The van der Waals surface area contributed by atoms with Crippen molar-refractivity contribution in [1.82, 2.24) is 4.72 Å². The predicted octanol–water partition coefficient (Wildman–Crippen LogP) is 2.18. The summed E-state index contributed by atoms with van der Waals surface area (Å²) < 4.78 is 27.2. The van der Waals surface area contributed by atoms with Gasteiger partial charge in [0.1, 0.15) is 0 Å². The van der Waals surface area contributed by atoms with E-state index in [0.29, 0.717) is 29.8 Å². The van der Waals surface area contributed by atoms with Crippen LogP contribution in [-0.4, -0.2) is 25.5 Å². The van der Waals surface area contributed by atoms with Gasteiger partial charge < -0.3 is 5.11 Å². The number of carboxylic acid groups (broad SMARTS) is 1. The van der Waals surface area contributed by atoms with Crippen LogP contribution < -0.4 is 4.72 Å². The van der Waals surface area contributed by atoms with E-state index >= 15 is 0 Å². The lowest BCUT2D eigenvalue weighted by Gasteiger charge is -2.15. The maximum atomic E-state index is 12.3. The van der Waals surface area contributed by atoms with Gasteiger partial charge in [-0.3, -0.25) is 4.79 Å². The SMILES string of the molecule is Cc1c(Cl)cccc1S(=O)(=O)N[C@H]1CC[C@@H](C(=O)O)C1. The van der Waals surface area contributed by atoms with Crippen molar-refractivity contribution < 1.29 is 18.3 Å². The van der Waals surface area contributed by atoms with Crippen LogP contribution in [-0.2, 0) is 14.8 Å². The van der Waals surface area contributed by atoms with E-state index < -0.39 is 21.9 Å². The number of carbonyl (C=O) groups is 1. The fourth-order valence-electron chi connectivity index (χ4n) is 2.47. The van der Waals surface area contributed by atoms with E-state index in [1.165, 1.54) is 6.07 Å². The van der Waals surface area contributed by atoms with Gasteiger partial charge in [0.05, 0.1) is 10.8 Å². The Balaban J connectivity index is 2.17. The maximum Gasteiger partial charge on any atom is 0.306 e. The molecule has 5 nitrogen and oxygen atoms in total. The summed E-state index contributed by atoms with van der Waals surface area (Å²) in [6.45, 7) is 1.64. The maximum absolute atomic E-state index is 12.3. The van der Waals surface area contributed by atoms with Crippen molar-refractivity contribution >= 4 is 27.6 Å². The molecule has 110 valence electrons. The lowest BCUT2D eigenvalue weighted by atomic mass is 10.1. The topological polar surface area (TPSA) is 83.5 Å². The lowest BCUT2D eigenvalue weighted by Crippen LogP contribution is -2.33. The highest BCUT2D eigenvalue weighted by Gasteiger charge is 2.32. The normalized spacial score (nSPS) is 22.9. The first-order chi connectivity index (χ1) is 9.31. The molecule has 1 fully saturated rings. The molecule has 0 heterocycles. The number of rotatable bonds is 4. The van der Waals surface area contributed by atoms with Crippen molar-refractivity contribution in [3.8, 4) is 0 Å². The molecule has 2 N–H and O–H groups in total. The third-order valence-electron chi connectivity index (χ3n) is 3.61. The zero-order valence-corrected chi connectivity index (χ0v) is 12.5. The molecule has 0 radical (unpaired) electrons. The zero-order chi connectivity index (χ0) is 14.9. The molecule has 1 aliphatic carbocycles. The van der Waals surface area contributed by atoms with Crippen LogP contribution in [0.1, 0.15) is 24.8 Å². The number of hydrogen-bond donors (Lipinski definition) is 2. The molecular formula is C13H16ClNO4S. The summed E-state index contributed by atoms with van der Waals surface area (Å²) in [6, 6.07) is 4.37. The van der Waals surface area contributed by atoms with Crippen molar-refractivity contribution in [1.29, 1.82) is 0 Å². The van der Waals surface area contributed by atoms with Crippen LogP contribution in [0, 0.1) is 12.8 Å². The third kappa shape index (κ3) is 3.13. The van der Waals surface area contributed by atoms with E-state index in [2.05, 4.69) is 4.72 Å². The number of benzene rings is 1. The van der Waals surface area contributed by atoms with E-state index in [9.17, 15) is 13.2 Å². The van der Waals surface area contributed by atoms with Gasteiger partial charge in [-0.05, 0) is 43.9 Å². The summed E-state index contributed by atoms with van der Waals surface area (Å²) in [5, 5.41) is 9.32. The smallest absolute Gasteiger partial charge is 0.306 e. The predicted molar refractivity (Wildman–Crippen MR) is 75.3 cm³/mol. The Morgan fingerprint density at radius 1 is 1.40 bits per heavy atom. The average Bonchev–Trinajstić information content (AvgIpc) is 2.80. The van der Waals surface area contributed by atoms with Crippen molar-refractivity contribution in [2.75, 3.05) is 0 Å². The van der Waals surface area contributed by atoms with Crippen LogP contribution in [0.25, 0.3) is 0 Å². The van der Waals surface area contributed by atoms with Crippen molar-refractivity contribution in [2.24, 2.45) is 5.92 Å². The number of hydrogen-bond acceptors (Lipinski definition) is 3. The van der Waals surface area contributed by atoms with Crippen LogP contribution in [0.5, 0.6) is 0 Å². The van der Waals surface area contributed by atoms with Gasteiger partial charge in [0, 0.05) is 11.1 Å². The second kappa shape index (κ2) is 5.71. The molecule has 1 aliphatic rings. The van der Waals surface area contributed by atoms with Crippen LogP contribution >= 0.6 is 11.6 Å². The highest BCUT2D eigenvalue weighted by Crippen LogP contribution is 2.28.